The van der Waals surface area contributed by atoms with Gasteiger partial charge in [-0.1, -0.05) is 18.2 Å². The largest absolute Gasteiger partial charge is 0.508 e. The Kier molecular flexibility index (Phi) is 4.32. The van der Waals surface area contributed by atoms with E-state index in [4.69, 9.17) is 4.74 Å². The van der Waals surface area contributed by atoms with E-state index in [1.165, 1.54) is 0 Å². The van der Waals surface area contributed by atoms with Crippen LogP contribution in [0.4, 0.5) is 0 Å². The minimum absolute atomic E-state index is 0.213. The maximum Gasteiger partial charge on any atom is 0.315 e. The molecule has 0 aromatic heterocycles. The first-order chi connectivity index (χ1) is 8.01. The van der Waals surface area contributed by atoms with E-state index in [1.807, 2.05) is 0 Å². The van der Waals surface area contributed by atoms with Crippen LogP contribution < -0.4 is 0 Å². The molecule has 3 nitrogen and oxygen atoms in total. The fraction of sp³-hybridized carbons (Fsp3) is 0.357. The van der Waals surface area contributed by atoms with Crippen LogP contribution in [0.2, 0.25) is 0 Å². The highest BCUT2D eigenvalue weighted by molar-refractivity contribution is 5.79. The molecule has 92 valence electrons. The number of aromatic hydroxyl groups is 1. The van der Waals surface area contributed by atoms with Gasteiger partial charge >= 0.3 is 5.97 Å². The number of benzene rings is 1. The molecule has 1 aromatic carbocycles. The standard InChI is InChI=1S/C14H18O3/c1-4-14(3,13(16)17-5-2)10-11-6-8-12(15)9-7-11/h4,6-9,15H,1,5,10H2,2-3H3. The zero-order valence-electron chi connectivity index (χ0n) is 10.3. The summed E-state index contributed by atoms with van der Waals surface area (Å²) in [6.45, 7) is 7.63. The number of esters is 1. The maximum atomic E-state index is 11.8. The average Bonchev–Trinajstić information content (AvgIpc) is 2.32. The van der Waals surface area contributed by atoms with Gasteiger partial charge in [0.15, 0.2) is 0 Å². The van der Waals surface area contributed by atoms with Crippen molar-refractivity contribution in [3.05, 3.63) is 42.5 Å². The van der Waals surface area contributed by atoms with Gasteiger partial charge in [-0.25, -0.2) is 0 Å². The van der Waals surface area contributed by atoms with Crippen LogP contribution in [-0.2, 0) is 16.0 Å². The van der Waals surface area contributed by atoms with Crippen molar-refractivity contribution in [2.24, 2.45) is 5.41 Å². The van der Waals surface area contributed by atoms with Crippen LogP contribution in [0.1, 0.15) is 19.4 Å². The van der Waals surface area contributed by atoms with Gasteiger partial charge in [-0.15, -0.1) is 6.58 Å². The summed E-state index contributed by atoms with van der Waals surface area (Å²) in [6, 6.07) is 6.78. The van der Waals surface area contributed by atoms with E-state index in [-0.39, 0.29) is 11.7 Å². The monoisotopic (exact) mass is 234 g/mol. The normalized spacial score (nSPS) is 13.8. The number of phenols is 1. The molecule has 1 rings (SSSR count). The van der Waals surface area contributed by atoms with Gasteiger partial charge < -0.3 is 9.84 Å². The van der Waals surface area contributed by atoms with Crippen LogP contribution in [0.25, 0.3) is 0 Å². The predicted molar refractivity (Wildman–Crippen MR) is 66.7 cm³/mol. The zero-order valence-corrected chi connectivity index (χ0v) is 10.3. The number of hydrogen-bond acceptors (Lipinski definition) is 3. The number of carbonyl (C=O) groups excluding carboxylic acids is 1. The Morgan fingerprint density at radius 2 is 2.06 bits per heavy atom. The number of carbonyl (C=O) groups is 1. The number of hydrogen-bond donors (Lipinski definition) is 1. The minimum Gasteiger partial charge on any atom is -0.508 e. The molecule has 0 saturated heterocycles. The number of ether oxygens (including phenoxy) is 1. The van der Waals surface area contributed by atoms with Crippen LogP contribution >= 0.6 is 0 Å². The molecule has 1 aromatic rings. The van der Waals surface area contributed by atoms with Crippen molar-refractivity contribution in [1.82, 2.24) is 0 Å². The van der Waals surface area contributed by atoms with Gasteiger partial charge in [0.1, 0.15) is 5.75 Å². The SMILES string of the molecule is C=CC(C)(Cc1ccc(O)cc1)C(=O)OCC. The van der Waals surface area contributed by atoms with Crippen LogP contribution in [-0.4, -0.2) is 17.7 Å². The zero-order chi connectivity index (χ0) is 12.9. The lowest BCUT2D eigenvalue weighted by molar-refractivity contribution is -0.151. The second kappa shape index (κ2) is 5.53. The van der Waals surface area contributed by atoms with E-state index in [0.29, 0.717) is 13.0 Å². The third-order valence-electron chi connectivity index (χ3n) is 2.70. The molecule has 0 spiro atoms. The number of phenolic OH excluding ortho intramolecular Hbond substituents is 1. The van der Waals surface area contributed by atoms with Crippen molar-refractivity contribution in [2.45, 2.75) is 20.3 Å². The first-order valence-electron chi connectivity index (χ1n) is 5.60. The third kappa shape index (κ3) is 3.34. The van der Waals surface area contributed by atoms with Gasteiger partial charge in [-0.2, -0.15) is 0 Å². The molecule has 1 atom stereocenters. The molecule has 0 aliphatic carbocycles. The van der Waals surface area contributed by atoms with Crippen molar-refractivity contribution in [2.75, 3.05) is 6.61 Å². The molecule has 0 saturated carbocycles. The second-order valence-electron chi connectivity index (χ2n) is 4.19. The van der Waals surface area contributed by atoms with E-state index >= 15 is 0 Å². The highest BCUT2D eigenvalue weighted by Gasteiger charge is 2.31. The Bertz CT molecular complexity index is 394. The van der Waals surface area contributed by atoms with Gasteiger partial charge in [0.05, 0.1) is 12.0 Å². The molecule has 3 heteroatoms. The van der Waals surface area contributed by atoms with Crippen molar-refractivity contribution in [3.8, 4) is 5.75 Å². The lowest BCUT2D eigenvalue weighted by Gasteiger charge is -2.23. The van der Waals surface area contributed by atoms with Crippen molar-refractivity contribution < 1.29 is 14.6 Å². The quantitative estimate of drug-likeness (QED) is 0.629. The van der Waals surface area contributed by atoms with E-state index in [1.54, 1.807) is 44.2 Å². The summed E-state index contributed by atoms with van der Waals surface area (Å²) in [5, 5.41) is 9.19. The molecule has 17 heavy (non-hydrogen) atoms. The van der Waals surface area contributed by atoms with Crippen molar-refractivity contribution in [3.63, 3.8) is 0 Å². The molecular weight excluding hydrogens is 216 g/mol. The summed E-state index contributed by atoms with van der Waals surface area (Å²) in [6.07, 6.45) is 2.12. The van der Waals surface area contributed by atoms with E-state index in [0.717, 1.165) is 5.56 Å². The number of rotatable bonds is 5. The lowest BCUT2D eigenvalue weighted by atomic mass is 9.84. The summed E-state index contributed by atoms with van der Waals surface area (Å²) < 4.78 is 5.03. The Hall–Kier alpha value is -1.77. The van der Waals surface area contributed by atoms with Crippen LogP contribution in [0.15, 0.2) is 36.9 Å². The first kappa shape index (κ1) is 13.3. The molecule has 1 unspecified atom stereocenters. The summed E-state index contributed by atoms with van der Waals surface area (Å²) in [5.41, 5.74) is 0.228. The Morgan fingerprint density at radius 3 is 2.53 bits per heavy atom. The Morgan fingerprint density at radius 1 is 1.47 bits per heavy atom. The van der Waals surface area contributed by atoms with E-state index in [9.17, 15) is 9.90 Å². The smallest absolute Gasteiger partial charge is 0.315 e. The van der Waals surface area contributed by atoms with E-state index in [2.05, 4.69) is 6.58 Å². The van der Waals surface area contributed by atoms with Crippen molar-refractivity contribution >= 4 is 5.97 Å². The highest BCUT2D eigenvalue weighted by atomic mass is 16.5. The second-order valence-corrected chi connectivity index (χ2v) is 4.19. The molecule has 0 fully saturated rings. The first-order valence-corrected chi connectivity index (χ1v) is 5.60. The molecule has 0 aliphatic rings. The van der Waals surface area contributed by atoms with Gasteiger partial charge in [0.25, 0.3) is 0 Å². The minimum atomic E-state index is -0.729. The molecule has 0 heterocycles. The summed E-state index contributed by atoms with van der Waals surface area (Å²) in [4.78, 5) is 11.8. The summed E-state index contributed by atoms with van der Waals surface area (Å²) in [5.74, 6) is -0.0618. The average molecular weight is 234 g/mol. The van der Waals surface area contributed by atoms with E-state index < -0.39 is 5.41 Å². The third-order valence-corrected chi connectivity index (χ3v) is 2.70. The van der Waals surface area contributed by atoms with Crippen molar-refractivity contribution in [1.29, 1.82) is 0 Å². The molecule has 1 N–H and O–H groups in total. The van der Waals surface area contributed by atoms with Gasteiger partial charge in [0.2, 0.25) is 0 Å². The fourth-order valence-electron chi connectivity index (χ4n) is 1.56. The van der Waals surface area contributed by atoms with Gasteiger partial charge in [0, 0.05) is 0 Å². The highest BCUT2D eigenvalue weighted by Crippen LogP contribution is 2.26. The molecular formula is C14H18O3. The maximum absolute atomic E-state index is 11.8. The Labute approximate surface area is 102 Å². The van der Waals surface area contributed by atoms with Gasteiger partial charge in [-0.05, 0) is 38.0 Å². The summed E-state index contributed by atoms with van der Waals surface area (Å²) in [7, 11) is 0. The van der Waals surface area contributed by atoms with Crippen LogP contribution in [0.5, 0.6) is 5.75 Å². The fourth-order valence-corrected chi connectivity index (χ4v) is 1.56. The molecule has 0 amide bonds. The van der Waals surface area contributed by atoms with Gasteiger partial charge in [-0.3, -0.25) is 4.79 Å². The Balaban J connectivity index is 2.85. The lowest BCUT2D eigenvalue weighted by Crippen LogP contribution is -2.30. The van der Waals surface area contributed by atoms with Crippen LogP contribution in [0.3, 0.4) is 0 Å². The van der Waals surface area contributed by atoms with Crippen LogP contribution in [0, 0.1) is 5.41 Å². The molecule has 0 aliphatic heterocycles. The molecule has 0 radical (unpaired) electrons. The predicted octanol–water partition coefficient (Wildman–Crippen LogP) is 2.69. The topological polar surface area (TPSA) is 46.5 Å². The molecule has 0 bridgehead atoms. The summed E-state index contributed by atoms with van der Waals surface area (Å²) >= 11 is 0.